The van der Waals surface area contributed by atoms with Crippen LogP contribution in [0.3, 0.4) is 0 Å². The fraction of sp³-hybridized carbons (Fsp3) is 0.714. The molecule has 0 aromatic heterocycles. The van der Waals surface area contributed by atoms with Gasteiger partial charge in [-0.2, -0.15) is 8.42 Å². The van der Waals surface area contributed by atoms with Crippen molar-refractivity contribution in [3.05, 3.63) is 12.7 Å². The van der Waals surface area contributed by atoms with Crippen LogP contribution in [0.1, 0.15) is 13.8 Å². The first-order valence-corrected chi connectivity index (χ1v) is 5.14. The molecule has 4 N–H and O–H groups in total. The maximum Gasteiger partial charge on any atom is 0.397 e. The molecule has 0 spiro atoms. The number of ether oxygens (including phenoxy) is 1. The van der Waals surface area contributed by atoms with Crippen LogP contribution < -0.4 is 6.15 Å². The molecule has 14 heavy (non-hydrogen) atoms. The van der Waals surface area contributed by atoms with Gasteiger partial charge >= 0.3 is 10.4 Å². The maximum absolute atomic E-state index is 9.68. The summed E-state index contributed by atoms with van der Waals surface area (Å²) in [6.07, 6.45) is 1.22. The van der Waals surface area contributed by atoms with Gasteiger partial charge in [0.1, 0.15) is 0 Å². The lowest BCUT2D eigenvalue weighted by Crippen LogP contribution is -2.02. The van der Waals surface area contributed by atoms with Crippen molar-refractivity contribution in [1.82, 2.24) is 6.15 Å². The van der Waals surface area contributed by atoms with E-state index in [-0.39, 0.29) is 12.8 Å². The van der Waals surface area contributed by atoms with Crippen LogP contribution >= 0.6 is 0 Å². The van der Waals surface area contributed by atoms with Crippen molar-refractivity contribution in [2.75, 3.05) is 19.8 Å². The van der Waals surface area contributed by atoms with Gasteiger partial charge in [-0.15, -0.1) is 6.58 Å². The lowest BCUT2D eigenvalue weighted by Gasteiger charge is -1.90. The van der Waals surface area contributed by atoms with Crippen molar-refractivity contribution >= 4 is 10.4 Å². The van der Waals surface area contributed by atoms with Crippen molar-refractivity contribution < 1.29 is 21.9 Å². The molecule has 0 bridgehead atoms. The predicted molar refractivity (Wildman–Crippen MR) is 54.9 cm³/mol. The Morgan fingerprint density at radius 3 is 1.86 bits per heavy atom. The molecule has 0 aliphatic carbocycles. The van der Waals surface area contributed by atoms with Crippen molar-refractivity contribution in [3.8, 4) is 0 Å². The van der Waals surface area contributed by atoms with Gasteiger partial charge < -0.3 is 10.9 Å². The van der Waals surface area contributed by atoms with Crippen LogP contribution in [0, 0.1) is 0 Å². The summed E-state index contributed by atoms with van der Waals surface area (Å²) in [4.78, 5) is 0. The van der Waals surface area contributed by atoms with Crippen LogP contribution in [-0.2, 0) is 19.3 Å². The smallest absolute Gasteiger partial charge is 0.382 e. The third kappa shape index (κ3) is 30.0. The van der Waals surface area contributed by atoms with Gasteiger partial charge in [0.15, 0.2) is 0 Å². The third-order valence-corrected chi connectivity index (χ3v) is 1.18. The fourth-order valence-corrected chi connectivity index (χ4v) is 0.606. The van der Waals surface area contributed by atoms with Crippen LogP contribution in [0.25, 0.3) is 0 Å². The molecule has 0 rings (SSSR count). The molecule has 0 saturated heterocycles. The van der Waals surface area contributed by atoms with E-state index in [4.69, 9.17) is 9.29 Å². The minimum absolute atomic E-state index is 0. The van der Waals surface area contributed by atoms with Crippen LogP contribution in [0.5, 0.6) is 0 Å². The van der Waals surface area contributed by atoms with Crippen molar-refractivity contribution in [2.24, 2.45) is 0 Å². The third-order valence-electron chi connectivity index (χ3n) is 0.743. The van der Waals surface area contributed by atoms with Crippen LogP contribution in [0.2, 0.25) is 0 Å². The summed E-state index contributed by atoms with van der Waals surface area (Å²) in [6.45, 7) is 8.63. The Hall–Kier alpha value is -0.470. The fourth-order valence-electron chi connectivity index (χ4n) is 0.338. The van der Waals surface area contributed by atoms with E-state index in [1.165, 1.54) is 6.08 Å². The predicted octanol–water partition coefficient (Wildman–Crippen LogP) is 1.20. The topological polar surface area (TPSA) is 108 Å². The van der Waals surface area contributed by atoms with E-state index >= 15 is 0 Å². The Morgan fingerprint density at radius 1 is 1.36 bits per heavy atom. The highest BCUT2D eigenvalue weighted by atomic mass is 32.3. The molecule has 0 aromatic rings. The molecule has 0 aliphatic rings. The molecule has 88 valence electrons. The standard InChI is InChI=1S/C4H10O.C3H6O4S.H3N/c1-3-5-4-2;1-2-3-7-8(4,5)6;/h3-4H2,1-2H3;2H,1,3H2,(H,4,5,6);1H3. The first-order valence-electron chi connectivity index (χ1n) is 3.78. The summed E-state index contributed by atoms with van der Waals surface area (Å²) in [5.74, 6) is 0. The molecule has 7 heteroatoms. The first kappa shape index (κ1) is 19.2. The first-order chi connectivity index (χ1) is 5.97. The Bertz CT molecular complexity index is 200. The van der Waals surface area contributed by atoms with E-state index in [1.807, 2.05) is 13.8 Å². The quantitative estimate of drug-likeness (QED) is 0.541. The Labute approximate surface area is 85.4 Å². The van der Waals surface area contributed by atoms with Gasteiger partial charge in [-0.1, -0.05) is 6.08 Å². The second-order valence-electron chi connectivity index (χ2n) is 1.78. The van der Waals surface area contributed by atoms with Gasteiger partial charge in [0.05, 0.1) is 6.61 Å². The minimum atomic E-state index is -4.26. The van der Waals surface area contributed by atoms with Gasteiger partial charge in [-0.3, -0.25) is 4.55 Å². The van der Waals surface area contributed by atoms with E-state index < -0.39 is 10.4 Å². The summed E-state index contributed by atoms with van der Waals surface area (Å²) in [6, 6.07) is 0. The van der Waals surface area contributed by atoms with Crippen LogP contribution in [0.4, 0.5) is 0 Å². The molecule has 6 nitrogen and oxygen atoms in total. The summed E-state index contributed by atoms with van der Waals surface area (Å²) >= 11 is 0. The van der Waals surface area contributed by atoms with Gasteiger partial charge in [0, 0.05) is 13.2 Å². The highest BCUT2D eigenvalue weighted by molar-refractivity contribution is 7.80. The zero-order chi connectivity index (χ0) is 10.7. The zero-order valence-corrected chi connectivity index (χ0v) is 9.42. The number of hydrogen-bond acceptors (Lipinski definition) is 5. The summed E-state index contributed by atoms with van der Waals surface area (Å²) < 4.78 is 35.8. The van der Waals surface area contributed by atoms with Gasteiger partial charge in [-0.25, -0.2) is 4.18 Å². The normalized spacial score (nSPS) is 9.36. The molecule has 0 saturated carbocycles. The van der Waals surface area contributed by atoms with E-state index in [2.05, 4.69) is 10.8 Å². The molecule has 0 radical (unpaired) electrons. The van der Waals surface area contributed by atoms with Gasteiger partial charge in [-0.05, 0) is 13.8 Å². The zero-order valence-electron chi connectivity index (χ0n) is 8.60. The van der Waals surface area contributed by atoms with Gasteiger partial charge in [0.2, 0.25) is 0 Å². The molecular formula is C7H19NO5S. The summed E-state index contributed by atoms with van der Waals surface area (Å²) in [7, 11) is -4.26. The highest BCUT2D eigenvalue weighted by Gasteiger charge is 1.99. The van der Waals surface area contributed by atoms with Crippen LogP contribution in [-0.4, -0.2) is 32.8 Å². The van der Waals surface area contributed by atoms with Crippen molar-refractivity contribution in [1.29, 1.82) is 0 Å². The molecular weight excluding hydrogens is 210 g/mol. The average Bonchev–Trinajstić information content (AvgIpc) is 2.02. The Morgan fingerprint density at radius 2 is 1.79 bits per heavy atom. The largest absolute Gasteiger partial charge is 0.397 e. The molecule has 0 unspecified atom stereocenters. The highest BCUT2D eigenvalue weighted by Crippen LogP contribution is 1.83. The molecule has 0 fully saturated rings. The van der Waals surface area contributed by atoms with E-state index in [1.54, 1.807) is 0 Å². The Kier molecular flexibility index (Phi) is 17.1. The molecule has 0 amide bonds. The second-order valence-corrected chi connectivity index (χ2v) is 2.87. The van der Waals surface area contributed by atoms with Crippen molar-refractivity contribution in [2.45, 2.75) is 13.8 Å². The molecule has 0 aromatic carbocycles. The molecule has 0 heterocycles. The number of hydrogen-bond donors (Lipinski definition) is 2. The second kappa shape index (κ2) is 12.5. The Balaban J connectivity index is -0.000000177. The summed E-state index contributed by atoms with van der Waals surface area (Å²) in [5.41, 5.74) is 0. The van der Waals surface area contributed by atoms with Crippen molar-refractivity contribution in [3.63, 3.8) is 0 Å². The van der Waals surface area contributed by atoms with E-state index in [0.717, 1.165) is 13.2 Å². The molecule has 0 aliphatic heterocycles. The lowest BCUT2D eigenvalue weighted by molar-refractivity contribution is 0.162. The summed E-state index contributed by atoms with van der Waals surface area (Å²) in [5, 5.41) is 0. The van der Waals surface area contributed by atoms with Gasteiger partial charge in [0.25, 0.3) is 0 Å². The van der Waals surface area contributed by atoms with Crippen LogP contribution in [0.15, 0.2) is 12.7 Å². The molecule has 0 atom stereocenters. The number of rotatable bonds is 5. The average molecular weight is 229 g/mol. The monoisotopic (exact) mass is 229 g/mol. The van der Waals surface area contributed by atoms with E-state index in [9.17, 15) is 8.42 Å². The van der Waals surface area contributed by atoms with E-state index in [0.29, 0.717) is 0 Å². The lowest BCUT2D eigenvalue weighted by atomic mass is 10.7. The minimum Gasteiger partial charge on any atom is -0.382 e. The SMILES string of the molecule is C=CCOS(=O)(=O)O.CCOCC.N. The maximum atomic E-state index is 9.68.